The molecule has 0 saturated heterocycles. The summed E-state index contributed by atoms with van der Waals surface area (Å²) in [6.07, 6.45) is 0.887. The molecule has 0 aliphatic heterocycles. The van der Waals surface area contributed by atoms with Gasteiger partial charge in [-0.25, -0.2) is 0 Å². The number of hydrogen-bond donors (Lipinski definition) is 2. The lowest BCUT2D eigenvalue weighted by Crippen LogP contribution is -2.37. The number of nitrogens with zero attached hydrogens (tertiary/aromatic N) is 1. The summed E-state index contributed by atoms with van der Waals surface area (Å²) in [6.45, 7) is 3.23. The van der Waals surface area contributed by atoms with Crippen molar-refractivity contribution in [2.75, 3.05) is 40.5 Å². The molecule has 0 amide bonds. The molecule has 6 heteroatoms. The largest absolute Gasteiger partial charge is 0.494 e. The van der Waals surface area contributed by atoms with Gasteiger partial charge in [-0.3, -0.25) is 4.99 Å². The monoisotopic (exact) mass is 371 g/mol. The number of aliphatic imine (C=N–C) groups is 1. The standard InChI is InChI=1S/C21H29N3O3/c1-22-21(23-12-7-13-26-19-9-4-3-5-10-19)24-17-18-8-6-11-20(16-18)27-15-14-25-2/h3-6,8-11,16H,7,12-15,17H2,1-2H3,(H2,22,23,24). The highest BCUT2D eigenvalue weighted by Gasteiger charge is 2.01. The van der Waals surface area contributed by atoms with Gasteiger partial charge in [-0.05, 0) is 36.2 Å². The van der Waals surface area contributed by atoms with E-state index < -0.39 is 0 Å². The minimum atomic E-state index is 0.543. The summed E-state index contributed by atoms with van der Waals surface area (Å²) in [5.74, 6) is 2.50. The number of hydrogen-bond acceptors (Lipinski definition) is 4. The first-order chi connectivity index (χ1) is 13.3. The molecule has 0 spiro atoms. The fraction of sp³-hybridized carbons (Fsp3) is 0.381. The Morgan fingerprint density at radius 2 is 1.67 bits per heavy atom. The Hall–Kier alpha value is -2.73. The second-order valence-corrected chi connectivity index (χ2v) is 5.86. The van der Waals surface area contributed by atoms with Crippen LogP contribution < -0.4 is 20.1 Å². The number of para-hydroxylation sites is 1. The summed E-state index contributed by atoms with van der Waals surface area (Å²) in [5, 5.41) is 6.60. The third-order valence-electron chi connectivity index (χ3n) is 3.76. The molecule has 0 saturated carbocycles. The van der Waals surface area contributed by atoms with Gasteiger partial charge < -0.3 is 24.8 Å². The second-order valence-electron chi connectivity index (χ2n) is 5.86. The third-order valence-corrected chi connectivity index (χ3v) is 3.76. The maximum absolute atomic E-state index is 5.68. The predicted molar refractivity (Wildman–Crippen MR) is 109 cm³/mol. The summed E-state index contributed by atoms with van der Waals surface area (Å²) < 4.78 is 16.3. The zero-order valence-electron chi connectivity index (χ0n) is 16.1. The van der Waals surface area contributed by atoms with Gasteiger partial charge in [0.25, 0.3) is 0 Å². The quantitative estimate of drug-likeness (QED) is 0.361. The molecule has 0 aliphatic rings. The number of benzene rings is 2. The van der Waals surface area contributed by atoms with E-state index >= 15 is 0 Å². The molecule has 2 aromatic carbocycles. The van der Waals surface area contributed by atoms with Gasteiger partial charge in [0, 0.05) is 27.2 Å². The molecule has 2 rings (SSSR count). The molecule has 0 bridgehead atoms. The highest BCUT2D eigenvalue weighted by molar-refractivity contribution is 5.79. The van der Waals surface area contributed by atoms with Crippen LogP contribution in [-0.2, 0) is 11.3 Å². The Morgan fingerprint density at radius 1 is 0.889 bits per heavy atom. The summed E-state index contributed by atoms with van der Waals surface area (Å²) in [7, 11) is 3.43. The molecule has 0 heterocycles. The zero-order valence-corrected chi connectivity index (χ0v) is 16.1. The molecule has 0 unspecified atom stereocenters. The summed E-state index contributed by atoms with van der Waals surface area (Å²) in [5.41, 5.74) is 1.13. The summed E-state index contributed by atoms with van der Waals surface area (Å²) >= 11 is 0. The van der Waals surface area contributed by atoms with Gasteiger partial charge in [-0.15, -0.1) is 0 Å². The van der Waals surface area contributed by atoms with Crippen molar-refractivity contribution in [2.45, 2.75) is 13.0 Å². The molecular formula is C21H29N3O3. The van der Waals surface area contributed by atoms with Crippen LogP contribution in [0.3, 0.4) is 0 Å². The van der Waals surface area contributed by atoms with Crippen molar-refractivity contribution in [3.63, 3.8) is 0 Å². The van der Waals surface area contributed by atoms with Gasteiger partial charge in [0.15, 0.2) is 5.96 Å². The highest BCUT2D eigenvalue weighted by atomic mass is 16.5. The van der Waals surface area contributed by atoms with Crippen LogP contribution in [0.4, 0.5) is 0 Å². The smallest absolute Gasteiger partial charge is 0.191 e. The van der Waals surface area contributed by atoms with Crippen molar-refractivity contribution < 1.29 is 14.2 Å². The fourth-order valence-corrected chi connectivity index (χ4v) is 2.38. The van der Waals surface area contributed by atoms with E-state index in [0.29, 0.717) is 26.4 Å². The average Bonchev–Trinajstić information content (AvgIpc) is 2.71. The van der Waals surface area contributed by atoms with Crippen molar-refractivity contribution in [1.29, 1.82) is 0 Å². The normalized spacial score (nSPS) is 11.1. The Balaban J connectivity index is 1.65. The van der Waals surface area contributed by atoms with Crippen LogP contribution in [0.15, 0.2) is 59.6 Å². The van der Waals surface area contributed by atoms with Crippen molar-refractivity contribution >= 4 is 5.96 Å². The van der Waals surface area contributed by atoms with E-state index in [4.69, 9.17) is 14.2 Å². The number of methoxy groups -OCH3 is 1. The van der Waals surface area contributed by atoms with Crippen LogP contribution in [0.1, 0.15) is 12.0 Å². The lowest BCUT2D eigenvalue weighted by molar-refractivity contribution is 0.146. The highest BCUT2D eigenvalue weighted by Crippen LogP contribution is 2.13. The van der Waals surface area contributed by atoms with Crippen LogP contribution >= 0.6 is 0 Å². The SMILES string of the molecule is CN=C(NCCCOc1ccccc1)NCc1cccc(OCCOC)c1. The van der Waals surface area contributed by atoms with Crippen molar-refractivity contribution in [2.24, 2.45) is 4.99 Å². The second kappa shape index (κ2) is 12.6. The first-order valence-corrected chi connectivity index (χ1v) is 9.15. The molecule has 0 aliphatic carbocycles. The van der Waals surface area contributed by atoms with Crippen LogP contribution in [0.2, 0.25) is 0 Å². The molecule has 2 N–H and O–H groups in total. The van der Waals surface area contributed by atoms with E-state index in [1.165, 1.54) is 0 Å². The topological polar surface area (TPSA) is 64.1 Å². The van der Waals surface area contributed by atoms with Crippen LogP contribution in [0, 0.1) is 0 Å². The van der Waals surface area contributed by atoms with E-state index in [9.17, 15) is 0 Å². The molecule has 146 valence electrons. The number of ether oxygens (including phenoxy) is 3. The Bertz CT molecular complexity index is 677. The summed E-state index contributed by atoms with van der Waals surface area (Å²) in [4.78, 5) is 4.25. The van der Waals surface area contributed by atoms with E-state index in [-0.39, 0.29) is 0 Å². The first-order valence-electron chi connectivity index (χ1n) is 9.15. The fourth-order valence-electron chi connectivity index (χ4n) is 2.38. The predicted octanol–water partition coefficient (Wildman–Crippen LogP) is 2.85. The minimum absolute atomic E-state index is 0.543. The van der Waals surface area contributed by atoms with Gasteiger partial charge >= 0.3 is 0 Å². The minimum Gasteiger partial charge on any atom is -0.494 e. The van der Waals surface area contributed by atoms with Crippen molar-refractivity contribution in [1.82, 2.24) is 10.6 Å². The van der Waals surface area contributed by atoms with Gasteiger partial charge in [-0.2, -0.15) is 0 Å². The van der Waals surface area contributed by atoms with E-state index in [1.54, 1.807) is 14.2 Å². The van der Waals surface area contributed by atoms with Gasteiger partial charge in [0.1, 0.15) is 18.1 Å². The Morgan fingerprint density at radius 3 is 2.44 bits per heavy atom. The van der Waals surface area contributed by atoms with Crippen molar-refractivity contribution in [3.8, 4) is 11.5 Å². The molecule has 6 nitrogen and oxygen atoms in total. The van der Waals surface area contributed by atoms with E-state index in [0.717, 1.165) is 36.0 Å². The van der Waals surface area contributed by atoms with E-state index in [2.05, 4.69) is 21.7 Å². The third kappa shape index (κ3) is 8.46. The molecule has 2 aromatic rings. The Labute approximate surface area is 161 Å². The van der Waals surface area contributed by atoms with Gasteiger partial charge in [0.2, 0.25) is 0 Å². The average molecular weight is 371 g/mol. The van der Waals surface area contributed by atoms with Crippen LogP contribution in [-0.4, -0.2) is 46.5 Å². The van der Waals surface area contributed by atoms with Gasteiger partial charge in [0.05, 0.1) is 13.2 Å². The maximum atomic E-state index is 5.68. The van der Waals surface area contributed by atoms with Crippen molar-refractivity contribution in [3.05, 3.63) is 60.2 Å². The molecule has 0 aromatic heterocycles. The molecule has 27 heavy (non-hydrogen) atoms. The number of nitrogens with one attached hydrogen (secondary N) is 2. The first kappa shape index (κ1) is 20.6. The Kier molecular flexibility index (Phi) is 9.60. The number of rotatable bonds is 11. The lowest BCUT2D eigenvalue weighted by Gasteiger charge is -2.13. The molecule has 0 fully saturated rings. The molecule has 0 radical (unpaired) electrons. The molecular weight excluding hydrogens is 342 g/mol. The van der Waals surface area contributed by atoms with Crippen LogP contribution in [0.25, 0.3) is 0 Å². The van der Waals surface area contributed by atoms with Gasteiger partial charge in [-0.1, -0.05) is 30.3 Å². The molecule has 0 atom stereocenters. The summed E-state index contributed by atoms with van der Waals surface area (Å²) in [6, 6.07) is 17.8. The zero-order chi connectivity index (χ0) is 19.2. The van der Waals surface area contributed by atoms with E-state index in [1.807, 2.05) is 48.5 Å². The maximum Gasteiger partial charge on any atom is 0.191 e. The lowest BCUT2D eigenvalue weighted by atomic mass is 10.2. The number of guanidine groups is 1. The van der Waals surface area contributed by atoms with Crippen LogP contribution in [0.5, 0.6) is 11.5 Å².